The van der Waals surface area contributed by atoms with Crippen molar-refractivity contribution >= 4 is 0 Å². The number of nitrogens with zero attached hydrogens (tertiary/aromatic N) is 2. The zero-order valence-electron chi connectivity index (χ0n) is 11.0. The highest BCUT2D eigenvalue weighted by Crippen LogP contribution is 2.26. The van der Waals surface area contributed by atoms with E-state index in [4.69, 9.17) is 0 Å². The molecule has 0 aromatic heterocycles. The number of rotatable bonds is 4. The van der Waals surface area contributed by atoms with Crippen LogP contribution in [0.3, 0.4) is 0 Å². The molecule has 0 aromatic rings. The van der Waals surface area contributed by atoms with Crippen LogP contribution >= 0.6 is 0 Å². The second-order valence-electron chi connectivity index (χ2n) is 5.82. The van der Waals surface area contributed by atoms with Crippen molar-refractivity contribution < 1.29 is 0 Å². The van der Waals surface area contributed by atoms with Crippen molar-refractivity contribution in [1.82, 2.24) is 0 Å². The van der Waals surface area contributed by atoms with Crippen molar-refractivity contribution in [2.24, 2.45) is 22.1 Å². The average Bonchev–Trinajstić information content (AvgIpc) is 2.01. The van der Waals surface area contributed by atoms with Crippen LogP contribution in [0.5, 0.6) is 0 Å². The van der Waals surface area contributed by atoms with Crippen LogP contribution in [0.2, 0.25) is 0 Å². The fourth-order valence-electron chi connectivity index (χ4n) is 0.489. The van der Waals surface area contributed by atoms with Gasteiger partial charge in [0.25, 0.3) is 0 Å². The third-order valence-electron chi connectivity index (χ3n) is 3.39. The highest BCUT2D eigenvalue weighted by molar-refractivity contribution is 4.84. The van der Waals surface area contributed by atoms with E-state index in [9.17, 15) is 0 Å². The molecule has 0 unspecified atom stereocenters. The number of hydrogen-bond donors (Lipinski definition) is 0. The molecule has 0 amide bonds. The Hall–Kier alpha value is -0.400. The first-order valence-electron chi connectivity index (χ1n) is 5.53. The summed E-state index contributed by atoms with van der Waals surface area (Å²) in [6, 6.07) is 0. The zero-order chi connectivity index (χ0) is 11.6. The maximum Gasteiger partial charge on any atom is 0.0783 e. The number of hydrogen-bond acceptors (Lipinski definition) is 2. The van der Waals surface area contributed by atoms with Crippen molar-refractivity contribution in [3.63, 3.8) is 0 Å². The minimum absolute atomic E-state index is 0.0494. The molecule has 0 rings (SSSR count). The van der Waals surface area contributed by atoms with Gasteiger partial charge >= 0.3 is 0 Å². The standard InChI is InChI=1S/C12H26N2/c1-9(2)11(5,6)13-14-12(7,8)10(3)4/h9-10H,1-8H3/b14-13+. The van der Waals surface area contributed by atoms with Gasteiger partial charge in [0.05, 0.1) is 11.1 Å². The van der Waals surface area contributed by atoms with Gasteiger partial charge < -0.3 is 0 Å². The third-order valence-corrected chi connectivity index (χ3v) is 3.39. The Morgan fingerprint density at radius 1 is 0.643 bits per heavy atom. The van der Waals surface area contributed by atoms with E-state index < -0.39 is 0 Å². The Labute approximate surface area is 89.2 Å². The molecule has 2 nitrogen and oxygen atoms in total. The van der Waals surface area contributed by atoms with E-state index in [1.165, 1.54) is 0 Å². The Balaban J connectivity index is 4.59. The van der Waals surface area contributed by atoms with Gasteiger partial charge in [-0.05, 0) is 39.5 Å². The minimum Gasteiger partial charge on any atom is -0.187 e. The summed E-state index contributed by atoms with van der Waals surface area (Å²) in [6.07, 6.45) is 0. The fraction of sp³-hybridized carbons (Fsp3) is 1.00. The van der Waals surface area contributed by atoms with Gasteiger partial charge in [-0.15, -0.1) is 0 Å². The van der Waals surface area contributed by atoms with E-state index in [0.29, 0.717) is 11.8 Å². The van der Waals surface area contributed by atoms with Crippen LogP contribution in [0.25, 0.3) is 0 Å². The first-order chi connectivity index (χ1) is 6.09. The van der Waals surface area contributed by atoms with Crippen LogP contribution in [-0.4, -0.2) is 11.1 Å². The fourth-order valence-corrected chi connectivity index (χ4v) is 0.489. The van der Waals surface area contributed by atoms with Crippen molar-refractivity contribution in [2.75, 3.05) is 0 Å². The third kappa shape index (κ3) is 3.77. The maximum atomic E-state index is 4.47. The summed E-state index contributed by atoms with van der Waals surface area (Å²) in [6.45, 7) is 17.3. The van der Waals surface area contributed by atoms with Crippen molar-refractivity contribution in [1.29, 1.82) is 0 Å². The molecule has 0 saturated carbocycles. The van der Waals surface area contributed by atoms with Crippen LogP contribution in [0, 0.1) is 11.8 Å². The van der Waals surface area contributed by atoms with E-state index in [-0.39, 0.29) is 11.1 Å². The Morgan fingerprint density at radius 3 is 1.00 bits per heavy atom. The second-order valence-corrected chi connectivity index (χ2v) is 5.82. The van der Waals surface area contributed by atoms with Gasteiger partial charge in [0, 0.05) is 0 Å². The second kappa shape index (κ2) is 4.41. The lowest BCUT2D eigenvalue weighted by Crippen LogP contribution is -2.28. The van der Waals surface area contributed by atoms with Crippen molar-refractivity contribution in [3.05, 3.63) is 0 Å². The molecule has 0 aliphatic rings. The molecule has 0 aliphatic heterocycles. The Kier molecular flexibility index (Phi) is 4.29. The molecule has 0 fully saturated rings. The molecular formula is C12H26N2. The molecule has 0 atom stereocenters. The first-order valence-corrected chi connectivity index (χ1v) is 5.53. The summed E-state index contributed by atoms with van der Waals surface area (Å²) in [5.74, 6) is 1.04. The van der Waals surface area contributed by atoms with Crippen molar-refractivity contribution in [2.45, 2.75) is 66.5 Å². The minimum atomic E-state index is -0.0494. The van der Waals surface area contributed by atoms with E-state index in [0.717, 1.165) is 0 Å². The highest BCUT2D eigenvalue weighted by Gasteiger charge is 2.26. The summed E-state index contributed by atoms with van der Waals surface area (Å²) in [4.78, 5) is 0. The molecule has 0 spiro atoms. The lowest BCUT2D eigenvalue weighted by molar-refractivity contribution is 0.302. The molecule has 0 N–H and O–H groups in total. The molecule has 0 bridgehead atoms. The molecule has 0 saturated heterocycles. The molecule has 0 aliphatic carbocycles. The van der Waals surface area contributed by atoms with Gasteiger partial charge in [0.15, 0.2) is 0 Å². The number of azo groups is 1. The largest absolute Gasteiger partial charge is 0.187 e. The van der Waals surface area contributed by atoms with Gasteiger partial charge in [0.1, 0.15) is 0 Å². The van der Waals surface area contributed by atoms with Crippen LogP contribution in [0.1, 0.15) is 55.4 Å². The van der Waals surface area contributed by atoms with Crippen LogP contribution in [0.15, 0.2) is 10.2 Å². The maximum absolute atomic E-state index is 4.47. The van der Waals surface area contributed by atoms with Gasteiger partial charge in [-0.1, -0.05) is 27.7 Å². The van der Waals surface area contributed by atoms with E-state index in [2.05, 4.69) is 65.6 Å². The summed E-state index contributed by atoms with van der Waals surface area (Å²) in [7, 11) is 0. The molecule has 0 radical (unpaired) electrons. The van der Waals surface area contributed by atoms with Crippen LogP contribution < -0.4 is 0 Å². The molecule has 2 heteroatoms. The van der Waals surface area contributed by atoms with Gasteiger partial charge in [-0.2, -0.15) is 10.2 Å². The molecule has 0 aromatic carbocycles. The molecule has 84 valence electrons. The monoisotopic (exact) mass is 198 g/mol. The topological polar surface area (TPSA) is 24.7 Å². The Bertz CT molecular complexity index is 178. The van der Waals surface area contributed by atoms with Gasteiger partial charge in [0.2, 0.25) is 0 Å². The van der Waals surface area contributed by atoms with Crippen LogP contribution in [-0.2, 0) is 0 Å². The predicted molar refractivity (Wildman–Crippen MR) is 62.7 cm³/mol. The summed E-state index contributed by atoms with van der Waals surface area (Å²) in [5.41, 5.74) is -0.0989. The van der Waals surface area contributed by atoms with E-state index in [1.54, 1.807) is 0 Å². The lowest BCUT2D eigenvalue weighted by Gasteiger charge is -2.28. The quantitative estimate of drug-likeness (QED) is 0.601. The van der Waals surface area contributed by atoms with Crippen LogP contribution in [0.4, 0.5) is 0 Å². The smallest absolute Gasteiger partial charge is 0.0783 e. The van der Waals surface area contributed by atoms with Crippen molar-refractivity contribution in [3.8, 4) is 0 Å². The molecule has 14 heavy (non-hydrogen) atoms. The predicted octanol–water partition coefficient (Wildman–Crippen LogP) is 4.31. The van der Waals surface area contributed by atoms with Gasteiger partial charge in [-0.3, -0.25) is 0 Å². The van der Waals surface area contributed by atoms with Gasteiger partial charge in [-0.25, -0.2) is 0 Å². The zero-order valence-corrected chi connectivity index (χ0v) is 11.0. The SMILES string of the molecule is CC(C)C(C)(C)/N=N/C(C)(C)C(C)C. The first kappa shape index (κ1) is 13.6. The summed E-state index contributed by atoms with van der Waals surface area (Å²) in [5, 5.41) is 8.95. The summed E-state index contributed by atoms with van der Waals surface area (Å²) < 4.78 is 0. The lowest BCUT2D eigenvalue weighted by atomic mass is 9.91. The van der Waals surface area contributed by atoms with E-state index >= 15 is 0 Å². The normalized spacial score (nSPS) is 14.7. The Morgan fingerprint density at radius 2 is 0.857 bits per heavy atom. The molecule has 0 heterocycles. The molecular weight excluding hydrogens is 172 g/mol. The summed E-state index contributed by atoms with van der Waals surface area (Å²) >= 11 is 0. The van der Waals surface area contributed by atoms with E-state index in [1.807, 2.05) is 0 Å². The highest BCUT2D eigenvalue weighted by atomic mass is 15.2. The average molecular weight is 198 g/mol.